The number of rotatable bonds is 1. The van der Waals surface area contributed by atoms with Gasteiger partial charge in [-0.05, 0) is 25.5 Å². The zero-order valence-corrected chi connectivity index (χ0v) is 15.7. The van der Waals surface area contributed by atoms with E-state index >= 15 is 0 Å². The SMILES string of the molecule is COC(=O)C1=COC(C)C2(C)Cn3ccc4c5ccccc5nc-4c3CC12. The first-order valence-corrected chi connectivity index (χ1v) is 9.33. The minimum absolute atomic E-state index is 0.0129. The maximum absolute atomic E-state index is 12.4. The Labute approximate surface area is 157 Å². The molecule has 1 aromatic carbocycles. The minimum atomic E-state index is -0.306. The van der Waals surface area contributed by atoms with E-state index in [4.69, 9.17) is 14.5 Å². The van der Waals surface area contributed by atoms with Gasteiger partial charge >= 0.3 is 5.97 Å². The standard InChI is InChI=1S/C22H22N2O3/c1-13-22(2)12-24-9-8-15-14-6-4-5-7-18(14)23-20(15)19(24)10-17(22)16(11-27-13)21(25)26-3/h4-9,11,13,17H,10,12H2,1-3H3. The molecule has 0 aromatic heterocycles. The summed E-state index contributed by atoms with van der Waals surface area (Å²) in [7, 11) is 1.42. The molecule has 138 valence electrons. The highest BCUT2D eigenvalue weighted by Crippen LogP contribution is 2.49. The predicted molar refractivity (Wildman–Crippen MR) is 102 cm³/mol. The van der Waals surface area contributed by atoms with E-state index in [0.717, 1.165) is 24.2 Å². The fraction of sp³-hybridized carbons (Fsp3) is 0.364. The van der Waals surface area contributed by atoms with Crippen LogP contribution in [0.15, 0.2) is 48.4 Å². The van der Waals surface area contributed by atoms with Crippen molar-refractivity contribution in [2.75, 3.05) is 7.11 Å². The molecule has 4 aliphatic heterocycles. The van der Waals surface area contributed by atoms with Crippen LogP contribution in [0.1, 0.15) is 19.5 Å². The normalized spacial score (nSPS) is 26.9. The van der Waals surface area contributed by atoms with Gasteiger partial charge < -0.3 is 14.0 Å². The Morgan fingerprint density at radius 3 is 2.96 bits per heavy atom. The second-order valence-corrected chi connectivity index (χ2v) is 7.89. The largest absolute Gasteiger partial charge is 0.497 e. The molecule has 0 spiro atoms. The highest BCUT2D eigenvalue weighted by Gasteiger charge is 2.50. The number of fused-ring (bicyclic) bond motifs is 6. The van der Waals surface area contributed by atoms with Crippen LogP contribution in [0.5, 0.6) is 0 Å². The van der Waals surface area contributed by atoms with E-state index in [9.17, 15) is 4.79 Å². The van der Waals surface area contributed by atoms with Gasteiger partial charge in [0.15, 0.2) is 0 Å². The Bertz CT molecular complexity index is 1070. The Hall–Kier alpha value is -2.82. The first kappa shape index (κ1) is 16.4. The van der Waals surface area contributed by atoms with E-state index in [1.807, 2.05) is 12.1 Å². The molecule has 5 nitrogen and oxygen atoms in total. The average Bonchev–Trinajstić information content (AvgIpc) is 3.06. The van der Waals surface area contributed by atoms with Crippen LogP contribution in [0, 0.1) is 11.3 Å². The lowest BCUT2D eigenvalue weighted by molar-refractivity contribution is -0.140. The highest BCUT2D eigenvalue weighted by atomic mass is 16.5. The Kier molecular flexibility index (Phi) is 3.39. The highest BCUT2D eigenvalue weighted by molar-refractivity contribution is 5.98. The van der Waals surface area contributed by atoms with Crippen LogP contribution in [-0.4, -0.2) is 28.7 Å². The van der Waals surface area contributed by atoms with Crippen molar-refractivity contribution in [3.63, 3.8) is 0 Å². The summed E-state index contributed by atoms with van der Waals surface area (Å²) in [6, 6.07) is 10.4. The number of aromatic nitrogens is 2. The number of carbonyl (C=O) groups excluding carboxylic acids is 1. The molecule has 27 heavy (non-hydrogen) atoms. The smallest absolute Gasteiger partial charge is 0.337 e. The minimum Gasteiger partial charge on any atom is -0.497 e. The number of nitrogens with zero attached hydrogens (tertiary/aromatic N) is 2. The topological polar surface area (TPSA) is 53.4 Å². The van der Waals surface area contributed by atoms with Crippen LogP contribution in [-0.2, 0) is 27.2 Å². The molecule has 4 heterocycles. The molecule has 0 N–H and O–H groups in total. The Morgan fingerprint density at radius 2 is 2.15 bits per heavy atom. The van der Waals surface area contributed by atoms with Gasteiger partial charge in [0.2, 0.25) is 0 Å². The molecule has 0 aliphatic carbocycles. The van der Waals surface area contributed by atoms with E-state index in [0.29, 0.717) is 5.57 Å². The summed E-state index contributed by atoms with van der Waals surface area (Å²) >= 11 is 0. The number of hydrogen-bond acceptors (Lipinski definition) is 4. The second kappa shape index (κ2) is 5.59. The zero-order chi connectivity index (χ0) is 18.8. The average molecular weight is 362 g/mol. The lowest BCUT2D eigenvalue weighted by atomic mass is 9.64. The molecule has 4 aliphatic rings. The van der Waals surface area contributed by atoms with E-state index in [1.54, 1.807) is 6.26 Å². The van der Waals surface area contributed by atoms with Gasteiger partial charge in [-0.15, -0.1) is 0 Å². The predicted octanol–water partition coefficient (Wildman–Crippen LogP) is 3.80. The van der Waals surface area contributed by atoms with E-state index < -0.39 is 0 Å². The number of esters is 1. The molecule has 0 saturated carbocycles. The van der Waals surface area contributed by atoms with Crippen molar-refractivity contribution in [3.8, 4) is 11.3 Å². The van der Waals surface area contributed by atoms with Crippen molar-refractivity contribution in [1.82, 2.24) is 9.55 Å². The Morgan fingerprint density at radius 1 is 1.33 bits per heavy atom. The third-order valence-electron chi connectivity index (χ3n) is 6.55. The van der Waals surface area contributed by atoms with Gasteiger partial charge in [-0.25, -0.2) is 9.78 Å². The summed E-state index contributed by atoms with van der Waals surface area (Å²) < 4.78 is 13.2. The fourth-order valence-corrected chi connectivity index (χ4v) is 4.75. The summed E-state index contributed by atoms with van der Waals surface area (Å²) in [5.41, 5.74) is 4.83. The number of pyridine rings is 1. The lowest BCUT2D eigenvalue weighted by Gasteiger charge is -2.49. The lowest BCUT2D eigenvalue weighted by Crippen LogP contribution is -2.50. The maximum Gasteiger partial charge on any atom is 0.337 e. The molecule has 3 atom stereocenters. The molecular weight excluding hydrogens is 340 g/mol. The summed E-state index contributed by atoms with van der Waals surface area (Å²) in [6.45, 7) is 5.06. The van der Waals surface area contributed by atoms with Gasteiger partial charge in [-0.2, -0.15) is 0 Å². The third-order valence-corrected chi connectivity index (χ3v) is 6.55. The van der Waals surface area contributed by atoms with Gasteiger partial charge in [0.05, 0.1) is 30.2 Å². The van der Waals surface area contributed by atoms with Crippen LogP contribution in [0.3, 0.4) is 0 Å². The number of hydrogen-bond donors (Lipinski definition) is 0. The number of para-hydroxylation sites is 1. The molecular formula is C22H22N2O3. The number of carbonyl (C=O) groups is 1. The van der Waals surface area contributed by atoms with Crippen LogP contribution >= 0.6 is 0 Å². The van der Waals surface area contributed by atoms with Gasteiger partial charge in [0.25, 0.3) is 0 Å². The molecule has 0 radical (unpaired) electrons. The van der Waals surface area contributed by atoms with Crippen molar-refractivity contribution in [1.29, 1.82) is 0 Å². The fourth-order valence-electron chi connectivity index (χ4n) is 4.75. The van der Waals surface area contributed by atoms with Gasteiger partial charge in [0, 0.05) is 40.7 Å². The number of methoxy groups -OCH3 is 1. The third kappa shape index (κ3) is 2.17. The molecule has 1 aromatic rings. The maximum atomic E-state index is 12.4. The van der Waals surface area contributed by atoms with E-state index in [1.165, 1.54) is 23.8 Å². The summed E-state index contributed by atoms with van der Waals surface area (Å²) in [4.78, 5) is 17.3. The van der Waals surface area contributed by atoms with E-state index in [-0.39, 0.29) is 23.4 Å². The molecule has 5 rings (SSSR count). The first-order chi connectivity index (χ1) is 13.0. The van der Waals surface area contributed by atoms with Crippen molar-refractivity contribution < 1.29 is 14.3 Å². The second-order valence-electron chi connectivity index (χ2n) is 7.89. The summed E-state index contributed by atoms with van der Waals surface area (Å²) in [6.07, 6.45) is 4.51. The quantitative estimate of drug-likeness (QED) is 0.618. The molecule has 0 amide bonds. The summed E-state index contributed by atoms with van der Waals surface area (Å²) in [5, 5.41) is 1.17. The van der Waals surface area contributed by atoms with Crippen molar-refractivity contribution >= 4 is 16.9 Å². The van der Waals surface area contributed by atoms with Crippen molar-refractivity contribution in [2.45, 2.75) is 32.9 Å². The zero-order valence-electron chi connectivity index (χ0n) is 15.7. The van der Waals surface area contributed by atoms with E-state index in [2.05, 4.69) is 42.8 Å². The van der Waals surface area contributed by atoms with Crippen LogP contribution in [0.25, 0.3) is 22.2 Å². The number of benzene rings is 1. The molecule has 0 fully saturated rings. The summed E-state index contributed by atoms with van der Waals surface area (Å²) in [5.74, 6) is -0.265. The first-order valence-electron chi connectivity index (χ1n) is 9.33. The molecule has 0 saturated heterocycles. The number of ether oxygens (including phenoxy) is 2. The molecule has 0 bridgehead atoms. The van der Waals surface area contributed by atoms with Gasteiger partial charge in [-0.1, -0.05) is 25.1 Å². The van der Waals surface area contributed by atoms with Crippen LogP contribution < -0.4 is 0 Å². The Balaban J connectivity index is 1.69. The van der Waals surface area contributed by atoms with Gasteiger partial charge in [-0.3, -0.25) is 0 Å². The van der Waals surface area contributed by atoms with Crippen LogP contribution in [0.2, 0.25) is 0 Å². The van der Waals surface area contributed by atoms with Crippen LogP contribution in [0.4, 0.5) is 0 Å². The van der Waals surface area contributed by atoms with Crippen molar-refractivity contribution in [2.24, 2.45) is 11.3 Å². The van der Waals surface area contributed by atoms with Crippen molar-refractivity contribution in [3.05, 3.63) is 54.1 Å². The molecule has 3 unspecified atom stereocenters. The van der Waals surface area contributed by atoms with Gasteiger partial charge in [0.1, 0.15) is 6.10 Å². The monoisotopic (exact) mass is 362 g/mol. The molecule has 5 heteroatoms.